The minimum absolute atomic E-state index is 0.645. The van der Waals surface area contributed by atoms with Crippen molar-refractivity contribution in [1.29, 1.82) is 0 Å². The fourth-order valence-electron chi connectivity index (χ4n) is 4.39. The zero-order valence-corrected chi connectivity index (χ0v) is 19.8. The van der Waals surface area contributed by atoms with Crippen LogP contribution in [0.1, 0.15) is 136 Å². The van der Waals surface area contributed by atoms with Gasteiger partial charge >= 0.3 is 0 Å². The van der Waals surface area contributed by atoms with Gasteiger partial charge in [0.05, 0.1) is 0 Å². The maximum absolute atomic E-state index is 2.64. The van der Waals surface area contributed by atoms with Crippen molar-refractivity contribution in [2.75, 3.05) is 13.1 Å². The highest BCUT2D eigenvalue weighted by Crippen LogP contribution is 2.23. The van der Waals surface area contributed by atoms with Gasteiger partial charge in [0, 0.05) is 25.5 Å². The van der Waals surface area contributed by atoms with Gasteiger partial charge < -0.3 is 9.80 Å². The summed E-state index contributed by atoms with van der Waals surface area (Å²) in [4.78, 5) is 5.27. The molecule has 0 radical (unpaired) electrons. The average Bonchev–Trinajstić information content (AvgIpc) is 3.09. The summed E-state index contributed by atoms with van der Waals surface area (Å²) < 4.78 is 0. The van der Waals surface area contributed by atoms with E-state index in [9.17, 15) is 0 Å². The second kappa shape index (κ2) is 18.4. The lowest BCUT2D eigenvalue weighted by Crippen LogP contribution is -2.39. The predicted molar refractivity (Wildman–Crippen MR) is 126 cm³/mol. The molecule has 0 amide bonds. The monoisotopic (exact) mass is 392 g/mol. The molecule has 0 aromatic rings. The molecule has 1 atom stereocenters. The third-order valence-corrected chi connectivity index (χ3v) is 6.32. The highest BCUT2D eigenvalue weighted by Gasteiger charge is 2.24. The molecule has 2 nitrogen and oxygen atoms in total. The fourth-order valence-corrected chi connectivity index (χ4v) is 4.39. The van der Waals surface area contributed by atoms with Gasteiger partial charge in [-0.2, -0.15) is 0 Å². The molecule has 0 aromatic carbocycles. The first-order valence-electron chi connectivity index (χ1n) is 13.0. The van der Waals surface area contributed by atoms with Gasteiger partial charge in [0.1, 0.15) is 6.17 Å². The van der Waals surface area contributed by atoms with Crippen LogP contribution in [0.25, 0.3) is 0 Å². The van der Waals surface area contributed by atoms with Gasteiger partial charge in [0.25, 0.3) is 0 Å². The van der Waals surface area contributed by atoms with Crippen LogP contribution in [0.2, 0.25) is 0 Å². The van der Waals surface area contributed by atoms with E-state index in [2.05, 4.69) is 43.0 Å². The Kier molecular flexibility index (Phi) is 16.7. The smallest absolute Gasteiger partial charge is 0.101 e. The van der Waals surface area contributed by atoms with E-state index < -0.39 is 0 Å². The fraction of sp³-hybridized carbons (Fsp3) is 0.923. The third-order valence-electron chi connectivity index (χ3n) is 6.32. The zero-order chi connectivity index (χ0) is 20.3. The minimum Gasteiger partial charge on any atom is -0.356 e. The second-order valence-corrected chi connectivity index (χ2v) is 8.99. The Labute approximate surface area is 178 Å². The van der Waals surface area contributed by atoms with E-state index >= 15 is 0 Å². The van der Waals surface area contributed by atoms with E-state index in [-0.39, 0.29) is 0 Å². The second-order valence-electron chi connectivity index (χ2n) is 8.99. The number of hydrogen-bond acceptors (Lipinski definition) is 2. The normalized spacial score (nSPS) is 16.5. The number of rotatable bonds is 20. The third kappa shape index (κ3) is 12.0. The Bertz CT molecular complexity index is 352. The van der Waals surface area contributed by atoms with Gasteiger partial charge in [-0.05, 0) is 25.7 Å². The van der Waals surface area contributed by atoms with E-state index in [1.165, 1.54) is 129 Å². The molecule has 0 saturated heterocycles. The van der Waals surface area contributed by atoms with Crippen LogP contribution >= 0.6 is 0 Å². The first kappa shape index (κ1) is 25.4. The summed E-state index contributed by atoms with van der Waals surface area (Å²) in [6.45, 7) is 9.40. The lowest BCUT2D eigenvalue weighted by molar-refractivity contribution is 0.136. The summed E-state index contributed by atoms with van der Waals surface area (Å²) in [5.41, 5.74) is 0. The summed E-state index contributed by atoms with van der Waals surface area (Å²) >= 11 is 0. The molecule has 1 heterocycles. The van der Waals surface area contributed by atoms with E-state index in [0.29, 0.717) is 6.17 Å². The number of nitrogens with zero attached hydrogens (tertiary/aromatic N) is 2. The molecule has 1 aliphatic rings. The minimum atomic E-state index is 0.645. The van der Waals surface area contributed by atoms with Gasteiger partial charge in [-0.1, -0.05) is 111 Å². The average molecular weight is 393 g/mol. The SMILES string of the molecule is CCCCCCCCCCCCCC1N(CCCC)C=CN1CCCCCC. The van der Waals surface area contributed by atoms with E-state index in [0.717, 1.165) is 0 Å². The number of hydrogen-bond donors (Lipinski definition) is 0. The summed E-state index contributed by atoms with van der Waals surface area (Å²) in [6, 6.07) is 0. The molecule has 0 aliphatic carbocycles. The zero-order valence-electron chi connectivity index (χ0n) is 19.8. The summed E-state index contributed by atoms with van der Waals surface area (Å²) in [6.07, 6.45) is 30.7. The largest absolute Gasteiger partial charge is 0.356 e. The molecule has 2 heteroatoms. The molecule has 0 N–H and O–H groups in total. The Morgan fingerprint density at radius 1 is 0.464 bits per heavy atom. The van der Waals surface area contributed by atoms with Crippen LogP contribution in [0.5, 0.6) is 0 Å². The molecule has 28 heavy (non-hydrogen) atoms. The lowest BCUT2D eigenvalue weighted by Gasteiger charge is -2.33. The van der Waals surface area contributed by atoms with E-state index in [1.54, 1.807) is 0 Å². The molecule has 1 rings (SSSR count). The van der Waals surface area contributed by atoms with Crippen molar-refractivity contribution in [1.82, 2.24) is 9.80 Å². The Morgan fingerprint density at radius 2 is 0.857 bits per heavy atom. The quantitative estimate of drug-likeness (QED) is 0.192. The first-order valence-corrected chi connectivity index (χ1v) is 13.0. The van der Waals surface area contributed by atoms with Gasteiger partial charge in [-0.3, -0.25) is 0 Å². The summed E-state index contributed by atoms with van der Waals surface area (Å²) in [5.74, 6) is 0. The maximum Gasteiger partial charge on any atom is 0.101 e. The molecule has 0 fully saturated rings. The molecule has 1 aliphatic heterocycles. The highest BCUT2D eigenvalue weighted by atomic mass is 15.4. The lowest BCUT2D eigenvalue weighted by atomic mass is 10.0. The first-order chi connectivity index (χ1) is 13.8. The van der Waals surface area contributed by atoms with Crippen LogP contribution < -0.4 is 0 Å². The Hall–Kier alpha value is -0.660. The van der Waals surface area contributed by atoms with E-state index in [4.69, 9.17) is 0 Å². The molecule has 0 saturated carbocycles. The predicted octanol–water partition coefficient (Wildman–Crippen LogP) is 8.48. The Balaban J connectivity index is 2.14. The van der Waals surface area contributed by atoms with Crippen molar-refractivity contribution in [3.05, 3.63) is 12.4 Å². The van der Waals surface area contributed by atoms with Crippen molar-refractivity contribution in [3.8, 4) is 0 Å². The standard InChI is InChI=1S/C26H52N2/c1-4-7-10-12-13-14-15-16-17-18-19-21-26-27(22-9-6-3)24-25-28(26)23-20-11-8-5-2/h24-26H,4-23H2,1-3H3. The maximum atomic E-state index is 2.64. The van der Waals surface area contributed by atoms with Crippen LogP contribution in [0.3, 0.4) is 0 Å². The molecule has 0 aromatic heterocycles. The topological polar surface area (TPSA) is 6.48 Å². The van der Waals surface area contributed by atoms with Crippen LogP contribution in [0, 0.1) is 0 Å². The number of unbranched alkanes of at least 4 members (excludes halogenated alkanes) is 14. The Morgan fingerprint density at radius 3 is 1.36 bits per heavy atom. The van der Waals surface area contributed by atoms with Crippen molar-refractivity contribution in [2.24, 2.45) is 0 Å². The van der Waals surface area contributed by atoms with Crippen molar-refractivity contribution >= 4 is 0 Å². The van der Waals surface area contributed by atoms with Crippen LogP contribution in [-0.2, 0) is 0 Å². The molecular weight excluding hydrogens is 340 g/mol. The van der Waals surface area contributed by atoms with Gasteiger partial charge in [0.15, 0.2) is 0 Å². The summed E-state index contributed by atoms with van der Waals surface area (Å²) in [5, 5.41) is 0. The van der Waals surface area contributed by atoms with Crippen LogP contribution in [-0.4, -0.2) is 29.1 Å². The van der Waals surface area contributed by atoms with Crippen molar-refractivity contribution < 1.29 is 0 Å². The van der Waals surface area contributed by atoms with Crippen molar-refractivity contribution in [3.63, 3.8) is 0 Å². The van der Waals surface area contributed by atoms with Gasteiger partial charge in [-0.15, -0.1) is 0 Å². The van der Waals surface area contributed by atoms with E-state index in [1.807, 2.05) is 0 Å². The highest BCUT2D eigenvalue weighted by molar-refractivity contribution is 4.96. The molecule has 1 unspecified atom stereocenters. The molecule has 0 bridgehead atoms. The summed E-state index contributed by atoms with van der Waals surface area (Å²) in [7, 11) is 0. The molecule has 0 spiro atoms. The van der Waals surface area contributed by atoms with Crippen molar-refractivity contribution in [2.45, 2.75) is 143 Å². The molecular formula is C26H52N2. The van der Waals surface area contributed by atoms with Crippen LogP contribution in [0.15, 0.2) is 12.4 Å². The van der Waals surface area contributed by atoms with Crippen LogP contribution in [0.4, 0.5) is 0 Å². The van der Waals surface area contributed by atoms with Gasteiger partial charge in [0.2, 0.25) is 0 Å². The van der Waals surface area contributed by atoms with Gasteiger partial charge in [-0.25, -0.2) is 0 Å². The molecule has 166 valence electrons.